The van der Waals surface area contributed by atoms with Crippen LogP contribution in [0.25, 0.3) is 10.9 Å². The molecule has 2 aromatic carbocycles. The second-order valence-corrected chi connectivity index (χ2v) is 9.17. The van der Waals surface area contributed by atoms with Gasteiger partial charge in [-0.1, -0.05) is 24.3 Å². The maximum Gasteiger partial charge on any atom is 0.234 e. The zero-order valence-corrected chi connectivity index (χ0v) is 18.8. The third-order valence-corrected chi connectivity index (χ3v) is 6.90. The number of aromatic nitrogens is 1. The van der Waals surface area contributed by atoms with E-state index in [9.17, 15) is 14.0 Å². The molecule has 0 saturated carbocycles. The minimum absolute atomic E-state index is 0.0434. The summed E-state index contributed by atoms with van der Waals surface area (Å²) in [6.45, 7) is 0.476. The molecule has 1 unspecified atom stereocenters. The summed E-state index contributed by atoms with van der Waals surface area (Å²) in [4.78, 5) is 28.9. The van der Waals surface area contributed by atoms with Crippen LogP contribution in [0.5, 0.6) is 0 Å². The lowest BCUT2D eigenvalue weighted by Crippen LogP contribution is -2.30. The quantitative estimate of drug-likeness (QED) is 0.325. The number of hydrogen-bond acceptors (Lipinski definition) is 4. The molecule has 32 heavy (non-hydrogen) atoms. The third-order valence-electron chi connectivity index (χ3n) is 4.98. The summed E-state index contributed by atoms with van der Waals surface area (Å²) in [7, 11) is 0. The molecule has 4 aromatic rings. The van der Waals surface area contributed by atoms with Crippen LogP contribution in [-0.4, -0.2) is 34.8 Å². The van der Waals surface area contributed by atoms with Gasteiger partial charge in [-0.05, 0) is 47.3 Å². The van der Waals surface area contributed by atoms with E-state index < -0.39 is 0 Å². The van der Waals surface area contributed by atoms with E-state index in [1.165, 1.54) is 40.9 Å². The summed E-state index contributed by atoms with van der Waals surface area (Å²) >= 11 is 2.91. The second-order valence-electron chi connectivity index (χ2n) is 7.21. The predicted octanol–water partition coefficient (Wildman–Crippen LogP) is 4.99. The number of anilines is 1. The molecule has 0 aliphatic carbocycles. The topological polar surface area (TPSA) is 74.0 Å². The van der Waals surface area contributed by atoms with Gasteiger partial charge >= 0.3 is 0 Å². The van der Waals surface area contributed by atoms with E-state index in [1.54, 1.807) is 11.3 Å². The van der Waals surface area contributed by atoms with Gasteiger partial charge in [0.05, 0.1) is 11.5 Å². The maximum absolute atomic E-state index is 12.9. The zero-order chi connectivity index (χ0) is 22.3. The van der Waals surface area contributed by atoms with E-state index >= 15 is 0 Å². The van der Waals surface area contributed by atoms with Gasteiger partial charge in [0.15, 0.2) is 0 Å². The Labute approximate surface area is 193 Å². The van der Waals surface area contributed by atoms with E-state index in [4.69, 9.17) is 0 Å². The van der Waals surface area contributed by atoms with E-state index in [-0.39, 0.29) is 35.1 Å². The molecule has 3 N–H and O–H groups in total. The zero-order valence-electron chi connectivity index (χ0n) is 17.1. The number of benzene rings is 2. The molecule has 0 saturated heterocycles. The second kappa shape index (κ2) is 10.5. The van der Waals surface area contributed by atoms with Crippen molar-refractivity contribution in [3.8, 4) is 0 Å². The molecule has 8 heteroatoms. The SMILES string of the molecule is O=C(CSCC(=O)Nc1ccc(F)cc1)NCC(c1cccs1)c1c[nH]c2ccccc12. The number of halogens is 1. The van der Waals surface area contributed by atoms with Crippen LogP contribution in [-0.2, 0) is 9.59 Å². The average molecular weight is 468 g/mol. The Balaban J connectivity index is 1.30. The lowest BCUT2D eigenvalue weighted by molar-refractivity contribution is -0.118. The van der Waals surface area contributed by atoms with Gasteiger partial charge in [0.1, 0.15) is 5.82 Å². The van der Waals surface area contributed by atoms with Crippen molar-refractivity contribution in [2.45, 2.75) is 5.92 Å². The molecular formula is C24H22FN3O2S2. The van der Waals surface area contributed by atoms with Crippen LogP contribution in [0.15, 0.2) is 72.2 Å². The third kappa shape index (κ3) is 5.57. The molecule has 0 aliphatic rings. The molecule has 1 atom stereocenters. The first-order valence-electron chi connectivity index (χ1n) is 10.1. The molecular weight excluding hydrogens is 445 g/mol. The number of fused-ring (bicyclic) bond motifs is 1. The van der Waals surface area contributed by atoms with Gasteiger partial charge in [0.2, 0.25) is 11.8 Å². The summed E-state index contributed by atoms with van der Waals surface area (Å²) in [5.41, 5.74) is 2.74. The van der Waals surface area contributed by atoms with Crippen LogP contribution >= 0.6 is 23.1 Å². The predicted molar refractivity (Wildman–Crippen MR) is 130 cm³/mol. The number of H-pyrrole nitrogens is 1. The molecule has 4 rings (SSSR count). The highest BCUT2D eigenvalue weighted by molar-refractivity contribution is 8.00. The van der Waals surface area contributed by atoms with Crippen molar-refractivity contribution >= 4 is 51.5 Å². The lowest BCUT2D eigenvalue weighted by Gasteiger charge is -2.16. The highest BCUT2D eigenvalue weighted by atomic mass is 32.2. The van der Waals surface area contributed by atoms with Gasteiger partial charge in [-0.3, -0.25) is 9.59 Å². The van der Waals surface area contributed by atoms with Crippen molar-refractivity contribution in [3.63, 3.8) is 0 Å². The fraction of sp³-hybridized carbons (Fsp3) is 0.167. The molecule has 0 spiro atoms. The van der Waals surface area contributed by atoms with E-state index in [0.29, 0.717) is 12.2 Å². The minimum atomic E-state index is -0.359. The summed E-state index contributed by atoms with van der Waals surface area (Å²) in [6, 6.07) is 17.8. The van der Waals surface area contributed by atoms with Crippen molar-refractivity contribution in [1.29, 1.82) is 0 Å². The lowest BCUT2D eigenvalue weighted by atomic mass is 9.96. The number of thiophene rings is 1. The molecule has 2 heterocycles. The van der Waals surface area contributed by atoms with Gasteiger partial charge in [0, 0.05) is 40.1 Å². The number of aromatic amines is 1. The summed E-state index contributed by atoms with van der Waals surface area (Å²) < 4.78 is 12.9. The fourth-order valence-electron chi connectivity index (χ4n) is 3.47. The first kappa shape index (κ1) is 22.1. The Kier molecular flexibility index (Phi) is 7.24. The standard InChI is InChI=1S/C24H22FN3O2S2/c25-16-7-9-17(10-8-16)28-24(30)15-31-14-23(29)27-13-20(22-6-3-11-32-22)19-12-26-21-5-2-1-4-18(19)21/h1-12,20,26H,13-15H2,(H,27,29)(H,28,30). The fourth-order valence-corrected chi connectivity index (χ4v) is 4.96. The van der Waals surface area contributed by atoms with Crippen LogP contribution in [0, 0.1) is 5.82 Å². The smallest absolute Gasteiger partial charge is 0.234 e. The van der Waals surface area contributed by atoms with Crippen molar-refractivity contribution < 1.29 is 14.0 Å². The van der Waals surface area contributed by atoms with Crippen LogP contribution in [0.1, 0.15) is 16.4 Å². The summed E-state index contributed by atoms with van der Waals surface area (Å²) in [6.07, 6.45) is 2.01. The normalized spacial score (nSPS) is 11.9. The molecule has 0 radical (unpaired) electrons. The highest BCUT2D eigenvalue weighted by Gasteiger charge is 2.20. The largest absolute Gasteiger partial charge is 0.361 e. The van der Waals surface area contributed by atoms with Gasteiger partial charge in [-0.15, -0.1) is 23.1 Å². The van der Waals surface area contributed by atoms with Crippen molar-refractivity contribution in [2.24, 2.45) is 0 Å². The summed E-state index contributed by atoms with van der Waals surface area (Å²) in [5, 5.41) is 8.88. The number of rotatable bonds is 9. The maximum atomic E-state index is 12.9. The van der Waals surface area contributed by atoms with Crippen LogP contribution in [0.4, 0.5) is 10.1 Å². The minimum Gasteiger partial charge on any atom is -0.361 e. The highest BCUT2D eigenvalue weighted by Crippen LogP contribution is 2.32. The Morgan fingerprint density at radius 2 is 1.78 bits per heavy atom. The van der Waals surface area contributed by atoms with E-state index in [1.807, 2.05) is 35.8 Å². The first-order valence-corrected chi connectivity index (χ1v) is 12.1. The monoisotopic (exact) mass is 467 g/mol. The number of carbonyl (C=O) groups is 2. The average Bonchev–Trinajstić information content (AvgIpc) is 3.47. The van der Waals surface area contributed by atoms with Gasteiger partial charge in [0.25, 0.3) is 0 Å². The Hall–Kier alpha value is -3.10. The number of thioether (sulfide) groups is 1. The van der Waals surface area contributed by atoms with Gasteiger partial charge < -0.3 is 15.6 Å². The summed E-state index contributed by atoms with van der Waals surface area (Å²) in [5.74, 6) is -0.344. The molecule has 0 aliphatic heterocycles. The van der Waals surface area contributed by atoms with E-state index in [2.05, 4.69) is 27.8 Å². The molecule has 2 amide bonds. The molecule has 0 fully saturated rings. The van der Waals surface area contributed by atoms with Crippen molar-refractivity contribution in [1.82, 2.24) is 10.3 Å². The van der Waals surface area contributed by atoms with Crippen LogP contribution in [0.2, 0.25) is 0 Å². The van der Waals surface area contributed by atoms with Crippen molar-refractivity contribution in [3.05, 3.63) is 88.5 Å². The molecule has 5 nitrogen and oxygen atoms in total. The number of hydrogen-bond donors (Lipinski definition) is 3. The van der Waals surface area contributed by atoms with Gasteiger partial charge in [-0.2, -0.15) is 0 Å². The van der Waals surface area contributed by atoms with Crippen LogP contribution in [0.3, 0.4) is 0 Å². The Bertz CT molecular complexity index is 1190. The number of carbonyl (C=O) groups excluding carboxylic acids is 2. The van der Waals surface area contributed by atoms with E-state index in [0.717, 1.165) is 16.5 Å². The molecule has 2 aromatic heterocycles. The first-order chi connectivity index (χ1) is 15.6. The molecule has 164 valence electrons. The Morgan fingerprint density at radius 1 is 1.00 bits per heavy atom. The Morgan fingerprint density at radius 3 is 2.56 bits per heavy atom. The number of amides is 2. The number of nitrogens with one attached hydrogen (secondary N) is 3. The molecule has 0 bridgehead atoms. The van der Waals surface area contributed by atoms with Gasteiger partial charge in [-0.25, -0.2) is 4.39 Å². The van der Waals surface area contributed by atoms with Crippen molar-refractivity contribution in [2.75, 3.05) is 23.4 Å². The van der Waals surface area contributed by atoms with Crippen LogP contribution < -0.4 is 10.6 Å². The number of para-hydroxylation sites is 1.